The van der Waals surface area contributed by atoms with Gasteiger partial charge in [-0.15, -0.1) is 6.58 Å². The van der Waals surface area contributed by atoms with Gasteiger partial charge in [0.15, 0.2) is 0 Å². The molecule has 2 aliphatic heterocycles. The van der Waals surface area contributed by atoms with Crippen LogP contribution < -0.4 is 5.73 Å². The van der Waals surface area contributed by atoms with Crippen LogP contribution in [0.4, 0.5) is 0 Å². The highest BCUT2D eigenvalue weighted by Crippen LogP contribution is 2.35. The molecule has 2 heterocycles. The Bertz CT molecular complexity index is 210. The average molecular weight is 194 g/mol. The van der Waals surface area contributed by atoms with Crippen LogP contribution in [-0.2, 0) is 0 Å². The quantitative estimate of drug-likeness (QED) is 0.695. The molecular weight excluding hydrogens is 172 g/mol. The summed E-state index contributed by atoms with van der Waals surface area (Å²) < 4.78 is 0. The lowest BCUT2D eigenvalue weighted by molar-refractivity contribution is 0.129. The minimum Gasteiger partial charge on any atom is -0.328 e. The van der Waals surface area contributed by atoms with Gasteiger partial charge in [0.1, 0.15) is 0 Å². The molecule has 0 aromatic heterocycles. The van der Waals surface area contributed by atoms with Crippen molar-refractivity contribution < 1.29 is 0 Å². The summed E-state index contributed by atoms with van der Waals surface area (Å²) in [5, 5.41) is 0. The Kier molecular flexibility index (Phi) is 2.93. The second-order valence-electron chi connectivity index (χ2n) is 5.06. The predicted octanol–water partition coefficient (Wildman–Crippen LogP) is 1.91. The molecule has 2 bridgehead atoms. The van der Waals surface area contributed by atoms with Gasteiger partial charge in [0.25, 0.3) is 0 Å². The fourth-order valence-corrected chi connectivity index (χ4v) is 3.00. The van der Waals surface area contributed by atoms with Crippen LogP contribution in [0.2, 0.25) is 0 Å². The molecule has 0 aromatic carbocycles. The Hall–Kier alpha value is -0.340. The van der Waals surface area contributed by atoms with Crippen molar-refractivity contribution >= 4 is 0 Å². The summed E-state index contributed by atoms with van der Waals surface area (Å²) in [5.74, 6) is 0. The highest BCUT2D eigenvalue weighted by Gasteiger charge is 2.38. The van der Waals surface area contributed by atoms with E-state index in [-0.39, 0.29) is 0 Å². The molecule has 0 saturated carbocycles. The fraction of sp³-hybridized carbons (Fsp3) is 0.833. The lowest BCUT2D eigenvalue weighted by Crippen LogP contribution is -2.47. The predicted molar refractivity (Wildman–Crippen MR) is 60.2 cm³/mol. The lowest BCUT2D eigenvalue weighted by Gasteiger charge is -2.37. The fourth-order valence-electron chi connectivity index (χ4n) is 3.00. The van der Waals surface area contributed by atoms with E-state index in [1.54, 1.807) is 0 Å². The van der Waals surface area contributed by atoms with Crippen molar-refractivity contribution in [2.45, 2.75) is 57.2 Å². The minimum absolute atomic E-state index is 0.466. The van der Waals surface area contributed by atoms with E-state index in [9.17, 15) is 0 Å². The normalized spacial score (nSPS) is 37.4. The topological polar surface area (TPSA) is 29.3 Å². The smallest absolute Gasteiger partial charge is 0.0114 e. The van der Waals surface area contributed by atoms with Crippen LogP contribution in [0.15, 0.2) is 12.2 Å². The van der Waals surface area contributed by atoms with Gasteiger partial charge in [0.2, 0.25) is 0 Å². The zero-order valence-electron chi connectivity index (χ0n) is 9.21. The van der Waals surface area contributed by atoms with Crippen LogP contribution in [0.25, 0.3) is 0 Å². The SMILES string of the molecule is C=C(C)CCN1C2CCC1CC(N)C2. The van der Waals surface area contributed by atoms with Crippen molar-refractivity contribution in [3.63, 3.8) is 0 Å². The van der Waals surface area contributed by atoms with E-state index in [1.165, 1.54) is 37.8 Å². The minimum atomic E-state index is 0.466. The zero-order valence-corrected chi connectivity index (χ0v) is 9.21. The van der Waals surface area contributed by atoms with Crippen LogP contribution in [0.1, 0.15) is 39.0 Å². The third kappa shape index (κ3) is 2.01. The van der Waals surface area contributed by atoms with Gasteiger partial charge >= 0.3 is 0 Å². The molecule has 2 fully saturated rings. The Balaban J connectivity index is 1.90. The molecule has 2 rings (SSSR count). The molecule has 2 heteroatoms. The molecule has 2 nitrogen and oxygen atoms in total. The number of piperidine rings is 1. The first-order valence-electron chi connectivity index (χ1n) is 5.82. The molecule has 2 atom stereocenters. The van der Waals surface area contributed by atoms with Crippen LogP contribution in [0.3, 0.4) is 0 Å². The third-order valence-corrected chi connectivity index (χ3v) is 3.72. The summed E-state index contributed by atoms with van der Waals surface area (Å²) in [5.41, 5.74) is 7.33. The van der Waals surface area contributed by atoms with Gasteiger partial charge in [-0.1, -0.05) is 5.57 Å². The van der Waals surface area contributed by atoms with Gasteiger partial charge in [-0.2, -0.15) is 0 Å². The number of hydrogen-bond acceptors (Lipinski definition) is 2. The average Bonchev–Trinajstić information content (AvgIpc) is 2.34. The number of rotatable bonds is 3. The molecule has 2 aliphatic rings. The van der Waals surface area contributed by atoms with Gasteiger partial charge in [-0.05, 0) is 39.0 Å². The van der Waals surface area contributed by atoms with E-state index in [4.69, 9.17) is 5.73 Å². The molecule has 80 valence electrons. The number of nitrogens with zero attached hydrogens (tertiary/aromatic N) is 1. The maximum atomic E-state index is 6.03. The first-order chi connectivity index (χ1) is 6.66. The molecule has 0 aliphatic carbocycles. The first-order valence-corrected chi connectivity index (χ1v) is 5.82. The number of fused-ring (bicyclic) bond motifs is 2. The van der Waals surface area contributed by atoms with E-state index in [2.05, 4.69) is 18.4 Å². The second kappa shape index (κ2) is 4.03. The summed E-state index contributed by atoms with van der Waals surface area (Å²) in [4.78, 5) is 2.68. The van der Waals surface area contributed by atoms with Crippen molar-refractivity contribution in [2.75, 3.05) is 6.54 Å². The van der Waals surface area contributed by atoms with Crippen molar-refractivity contribution in [3.05, 3.63) is 12.2 Å². The summed E-state index contributed by atoms with van der Waals surface area (Å²) >= 11 is 0. The molecule has 0 spiro atoms. The van der Waals surface area contributed by atoms with Crippen molar-refractivity contribution in [1.82, 2.24) is 4.90 Å². The maximum Gasteiger partial charge on any atom is 0.0114 e. The third-order valence-electron chi connectivity index (χ3n) is 3.72. The first kappa shape index (κ1) is 10.2. The molecule has 2 unspecified atom stereocenters. The summed E-state index contributed by atoms with van der Waals surface area (Å²) in [6.07, 6.45) is 6.32. The standard InChI is InChI=1S/C12H22N2/c1-9(2)5-6-14-11-3-4-12(14)8-10(13)7-11/h10-12H,1,3-8,13H2,2H3. The van der Waals surface area contributed by atoms with Gasteiger partial charge in [-0.25, -0.2) is 0 Å². The monoisotopic (exact) mass is 194 g/mol. The van der Waals surface area contributed by atoms with Crippen LogP contribution in [-0.4, -0.2) is 29.6 Å². The lowest BCUT2D eigenvalue weighted by atomic mass is 9.98. The van der Waals surface area contributed by atoms with Crippen molar-refractivity contribution in [1.29, 1.82) is 0 Å². The molecule has 2 saturated heterocycles. The Morgan fingerprint density at radius 1 is 1.36 bits per heavy atom. The second-order valence-corrected chi connectivity index (χ2v) is 5.06. The highest BCUT2D eigenvalue weighted by molar-refractivity contribution is 4.98. The summed E-state index contributed by atoms with van der Waals surface area (Å²) in [6.45, 7) is 7.30. The van der Waals surface area contributed by atoms with Crippen LogP contribution >= 0.6 is 0 Å². The maximum absolute atomic E-state index is 6.03. The largest absolute Gasteiger partial charge is 0.328 e. The van der Waals surface area contributed by atoms with E-state index in [1.807, 2.05) is 0 Å². The molecule has 0 amide bonds. The van der Waals surface area contributed by atoms with E-state index in [0.29, 0.717) is 6.04 Å². The highest BCUT2D eigenvalue weighted by atomic mass is 15.2. The van der Waals surface area contributed by atoms with Crippen LogP contribution in [0, 0.1) is 0 Å². The Morgan fingerprint density at radius 3 is 2.43 bits per heavy atom. The van der Waals surface area contributed by atoms with E-state index >= 15 is 0 Å². The van der Waals surface area contributed by atoms with E-state index in [0.717, 1.165) is 18.5 Å². The molecule has 14 heavy (non-hydrogen) atoms. The zero-order chi connectivity index (χ0) is 10.1. The van der Waals surface area contributed by atoms with Crippen molar-refractivity contribution in [2.24, 2.45) is 5.73 Å². The van der Waals surface area contributed by atoms with Crippen LogP contribution in [0.5, 0.6) is 0 Å². The van der Waals surface area contributed by atoms with Gasteiger partial charge in [-0.3, -0.25) is 4.90 Å². The molecule has 0 aromatic rings. The Labute approximate surface area is 87.2 Å². The number of hydrogen-bond donors (Lipinski definition) is 1. The Morgan fingerprint density at radius 2 is 1.93 bits per heavy atom. The summed E-state index contributed by atoms with van der Waals surface area (Å²) in [7, 11) is 0. The van der Waals surface area contributed by atoms with Gasteiger partial charge in [0.05, 0.1) is 0 Å². The van der Waals surface area contributed by atoms with Gasteiger partial charge < -0.3 is 5.73 Å². The van der Waals surface area contributed by atoms with Crippen molar-refractivity contribution in [3.8, 4) is 0 Å². The van der Waals surface area contributed by atoms with E-state index < -0.39 is 0 Å². The molecular formula is C12H22N2. The molecule has 0 radical (unpaired) electrons. The summed E-state index contributed by atoms with van der Waals surface area (Å²) in [6, 6.07) is 2.03. The number of nitrogens with two attached hydrogens (primary N) is 1. The van der Waals surface area contributed by atoms with Gasteiger partial charge in [0, 0.05) is 24.7 Å². The molecule has 2 N–H and O–H groups in total.